The lowest BCUT2D eigenvalue weighted by Gasteiger charge is -2.24. The second-order valence-electron chi connectivity index (χ2n) is 10.1. The molecule has 1 saturated carbocycles. The Morgan fingerprint density at radius 1 is 1.08 bits per heavy atom. The van der Waals surface area contributed by atoms with Gasteiger partial charge in [0.15, 0.2) is 5.57 Å². The Hall–Kier alpha value is -3.37. The number of esters is 1. The number of ketones is 1. The van der Waals surface area contributed by atoms with E-state index in [0.717, 1.165) is 25.0 Å². The van der Waals surface area contributed by atoms with E-state index in [1.54, 1.807) is 32.6 Å². The highest BCUT2D eigenvalue weighted by molar-refractivity contribution is 6.24. The van der Waals surface area contributed by atoms with Gasteiger partial charge in [-0.25, -0.2) is 18.4 Å². The van der Waals surface area contributed by atoms with E-state index >= 15 is 8.78 Å². The molecule has 0 aromatic heterocycles. The number of hydrogen-bond acceptors (Lipinski definition) is 8. The Morgan fingerprint density at radius 3 is 2.27 bits per heavy atom. The first-order chi connectivity index (χ1) is 17.4. The summed E-state index contributed by atoms with van der Waals surface area (Å²) < 4.78 is 51.0. The van der Waals surface area contributed by atoms with Crippen LogP contribution < -0.4 is 10.2 Å². The quantitative estimate of drug-likeness (QED) is 0.129. The van der Waals surface area contributed by atoms with Gasteiger partial charge in [0.1, 0.15) is 17.2 Å². The zero-order valence-electron chi connectivity index (χ0n) is 22.0. The molecule has 0 radical (unpaired) electrons. The van der Waals surface area contributed by atoms with Gasteiger partial charge >= 0.3 is 12.1 Å². The number of rotatable bonds is 9. The van der Waals surface area contributed by atoms with E-state index in [2.05, 4.69) is 5.32 Å². The zero-order valence-corrected chi connectivity index (χ0v) is 22.0. The highest BCUT2D eigenvalue weighted by atomic mass is 19.1. The van der Waals surface area contributed by atoms with Crippen LogP contribution >= 0.6 is 0 Å². The Labute approximate surface area is 215 Å². The molecule has 2 fully saturated rings. The maximum absolute atomic E-state index is 15.3. The van der Waals surface area contributed by atoms with E-state index in [-0.39, 0.29) is 36.9 Å². The third-order valence-electron chi connectivity index (χ3n) is 6.22. The molecule has 1 heterocycles. The van der Waals surface area contributed by atoms with Crippen molar-refractivity contribution in [1.82, 2.24) is 5.32 Å². The van der Waals surface area contributed by atoms with Crippen molar-refractivity contribution in [3.8, 4) is 0 Å². The number of anilines is 1. The third kappa shape index (κ3) is 6.31. The molecule has 0 bridgehead atoms. The Kier molecular flexibility index (Phi) is 8.34. The van der Waals surface area contributed by atoms with E-state index in [9.17, 15) is 14.4 Å². The number of carbonyl (C=O) groups is 3. The summed E-state index contributed by atoms with van der Waals surface area (Å²) in [7, 11) is 1.18. The minimum atomic E-state index is -1.13. The van der Waals surface area contributed by atoms with Crippen LogP contribution in [0.5, 0.6) is 0 Å². The van der Waals surface area contributed by atoms with Gasteiger partial charge in [-0.05, 0) is 53.5 Å². The molecule has 1 saturated heterocycles. The van der Waals surface area contributed by atoms with Crippen LogP contribution in [-0.4, -0.2) is 62.9 Å². The molecule has 204 valence electrons. The highest BCUT2D eigenvalue weighted by Crippen LogP contribution is 2.53. The first-order valence-electron chi connectivity index (χ1n) is 12.2. The number of alkyl carbamates (subject to hydrolysis) is 1. The summed E-state index contributed by atoms with van der Waals surface area (Å²) in [4.78, 5) is 39.6. The molecule has 9 nitrogen and oxygen atoms in total. The fourth-order valence-electron chi connectivity index (χ4n) is 4.39. The molecular formula is C26H34F2N2O7. The number of carbonyl (C=O) groups excluding carboxylic acids is 3. The summed E-state index contributed by atoms with van der Waals surface area (Å²) in [6, 6.07) is 1.37. The number of halogens is 2. The van der Waals surface area contributed by atoms with E-state index in [0.29, 0.717) is 6.54 Å². The molecule has 1 aliphatic heterocycles. The molecule has 1 aromatic rings. The van der Waals surface area contributed by atoms with Crippen LogP contribution in [0.1, 0.15) is 57.8 Å². The van der Waals surface area contributed by atoms with Gasteiger partial charge in [-0.3, -0.25) is 4.79 Å². The summed E-state index contributed by atoms with van der Waals surface area (Å²) in [5, 5.41) is 2.86. The van der Waals surface area contributed by atoms with Crippen molar-refractivity contribution in [2.45, 2.75) is 59.1 Å². The van der Waals surface area contributed by atoms with E-state index in [1.165, 1.54) is 14.0 Å². The van der Waals surface area contributed by atoms with Crippen molar-refractivity contribution >= 4 is 23.5 Å². The Balaban J connectivity index is 1.88. The van der Waals surface area contributed by atoms with Crippen LogP contribution in [-0.2, 0) is 23.7 Å². The number of methoxy groups -OCH3 is 1. The summed E-state index contributed by atoms with van der Waals surface area (Å²) in [5.41, 5.74) is -2.30. The lowest BCUT2D eigenvalue weighted by molar-refractivity contribution is -0.138. The normalized spacial score (nSPS) is 18.7. The largest absolute Gasteiger partial charge is 0.468 e. The Morgan fingerprint density at radius 2 is 1.73 bits per heavy atom. The smallest absolute Gasteiger partial charge is 0.407 e. The second-order valence-corrected chi connectivity index (χ2v) is 10.1. The molecule has 1 N–H and O–H groups in total. The summed E-state index contributed by atoms with van der Waals surface area (Å²) >= 11 is 0. The maximum atomic E-state index is 15.3. The standard InChI is InChI=1S/C26H34F2N2O7/c1-7-35-22(32)20(23(34-6)36-8-2)21(31)15-11-17(28)18(12-16(15)27)30-13-19(26(14-30)9-10-26)29-24(33)37-25(3,4)5/h11-12,19H,7-10,13-14H2,1-6H3,(H,29,33)/t19-/m1/s1. The fraction of sp³-hybridized carbons (Fsp3) is 0.577. The van der Waals surface area contributed by atoms with Crippen LogP contribution in [0.4, 0.5) is 19.3 Å². The first-order valence-corrected chi connectivity index (χ1v) is 12.2. The number of nitrogens with zero attached hydrogens (tertiary/aromatic N) is 1. The van der Waals surface area contributed by atoms with E-state index in [4.69, 9.17) is 18.9 Å². The van der Waals surface area contributed by atoms with Crippen LogP contribution in [0.2, 0.25) is 0 Å². The number of Topliss-reactive ketones (excluding diaryl/α,β-unsaturated/α-hetero) is 1. The van der Waals surface area contributed by atoms with Crippen molar-refractivity contribution in [3.63, 3.8) is 0 Å². The molecule has 0 unspecified atom stereocenters. The van der Waals surface area contributed by atoms with Gasteiger partial charge in [-0.15, -0.1) is 0 Å². The molecule has 1 amide bonds. The molecule has 1 aromatic carbocycles. The van der Waals surface area contributed by atoms with Gasteiger partial charge in [-0.1, -0.05) is 0 Å². The number of benzene rings is 1. The number of amides is 1. The van der Waals surface area contributed by atoms with Crippen LogP contribution in [0.15, 0.2) is 23.7 Å². The number of nitrogens with one attached hydrogen (secondary N) is 1. The monoisotopic (exact) mass is 524 g/mol. The van der Waals surface area contributed by atoms with Gasteiger partial charge in [0.25, 0.3) is 5.95 Å². The molecule has 1 atom stereocenters. The van der Waals surface area contributed by atoms with E-state index in [1.807, 2.05) is 0 Å². The van der Waals surface area contributed by atoms with Gasteiger partial charge in [0.2, 0.25) is 5.78 Å². The molecule has 1 spiro atoms. The molecule has 1 aliphatic carbocycles. The van der Waals surface area contributed by atoms with Crippen LogP contribution in [0, 0.1) is 17.0 Å². The Bertz CT molecular complexity index is 1090. The van der Waals surface area contributed by atoms with Gasteiger partial charge < -0.3 is 29.2 Å². The van der Waals surface area contributed by atoms with Crippen molar-refractivity contribution in [1.29, 1.82) is 0 Å². The molecule has 37 heavy (non-hydrogen) atoms. The summed E-state index contributed by atoms with van der Waals surface area (Å²) in [5.74, 6) is -4.52. The number of ether oxygens (including phenoxy) is 4. The van der Waals surface area contributed by atoms with Crippen LogP contribution in [0.25, 0.3) is 0 Å². The van der Waals surface area contributed by atoms with Gasteiger partial charge in [0.05, 0.1) is 37.6 Å². The second kappa shape index (κ2) is 10.9. The van der Waals surface area contributed by atoms with Crippen molar-refractivity contribution in [2.75, 3.05) is 38.3 Å². The summed E-state index contributed by atoms with van der Waals surface area (Å²) in [6.45, 7) is 9.08. The zero-order chi connectivity index (χ0) is 27.5. The predicted octanol–water partition coefficient (Wildman–Crippen LogP) is 4.10. The maximum Gasteiger partial charge on any atom is 0.407 e. The van der Waals surface area contributed by atoms with Gasteiger partial charge in [-0.2, -0.15) is 0 Å². The van der Waals surface area contributed by atoms with Crippen LogP contribution in [0.3, 0.4) is 0 Å². The number of hydrogen-bond donors (Lipinski definition) is 1. The fourth-order valence-corrected chi connectivity index (χ4v) is 4.39. The lowest BCUT2D eigenvalue weighted by atomic mass is 10.0. The van der Waals surface area contributed by atoms with Crippen molar-refractivity contribution in [2.24, 2.45) is 5.41 Å². The third-order valence-corrected chi connectivity index (χ3v) is 6.22. The minimum absolute atomic E-state index is 0.0488. The van der Waals surface area contributed by atoms with Gasteiger partial charge in [0, 0.05) is 24.6 Å². The molecule has 3 rings (SSSR count). The SMILES string of the molecule is CCOC(=O)C(C(=O)c1cc(F)c(N2C[C@@H](NC(=O)OC(C)(C)C)C3(CC3)C2)cc1F)=C(OC)OCC. The highest BCUT2D eigenvalue weighted by Gasteiger charge is 2.56. The summed E-state index contributed by atoms with van der Waals surface area (Å²) in [6.07, 6.45) is 1.09. The molecule has 11 heteroatoms. The molecule has 2 aliphatic rings. The molecular weight excluding hydrogens is 490 g/mol. The van der Waals surface area contributed by atoms with E-state index < -0.39 is 52.2 Å². The average molecular weight is 525 g/mol. The topological polar surface area (TPSA) is 103 Å². The minimum Gasteiger partial charge on any atom is -0.468 e. The van der Waals surface area contributed by atoms with Crippen molar-refractivity contribution < 1.29 is 42.1 Å². The average Bonchev–Trinajstić information content (AvgIpc) is 3.49. The lowest BCUT2D eigenvalue weighted by Crippen LogP contribution is -2.44. The van der Waals surface area contributed by atoms with Crippen molar-refractivity contribution in [3.05, 3.63) is 40.8 Å². The predicted molar refractivity (Wildman–Crippen MR) is 130 cm³/mol. The first kappa shape index (κ1) is 28.2.